The molecule has 0 spiro atoms. The lowest BCUT2D eigenvalue weighted by molar-refractivity contribution is -0.385. The highest BCUT2D eigenvalue weighted by molar-refractivity contribution is 7.07. The first-order valence-electron chi connectivity index (χ1n) is 5.87. The molecule has 2 rings (SSSR count). The number of anilines is 1. The lowest BCUT2D eigenvalue weighted by Crippen LogP contribution is -2.23. The predicted molar refractivity (Wildman–Crippen MR) is 78.1 cm³/mol. The largest absolute Gasteiger partial charge is 0.388 e. The van der Waals surface area contributed by atoms with E-state index < -0.39 is 10.8 Å². The van der Waals surface area contributed by atoms with Gasteiger partial charge in [0, 0.05) is 25.3 Å². The number of carbonyl (C=O) groups excluding carboxylic acids is 1. The summed E-state index contributed by atoms with van der Waals surface area (Å²) in [6.07, 6.45) is 0. The third kappa shape index (κ3) is 3.12. The van der Waals surface area contributed by atoms with Crippen LogP contribution in [0.15, 0.2) is 35.0 Å². The Labute approximate surface area is 119 Å². The molecule has 2 N–H and O–H groups in total. The maximum atomic E-state index is 12.1. The molecule has 0 aliphatic heterocycles. The number of benzene rings is 1. The normalized spacial score (nSPS) is 10.1. The molecule has 1 aromatic carbocycles. The topological polar surface area (TPSA) is 84.3 Å². The van der Waals surface area contributed by atoms with Gasteiger partial charge in [0.05, 0.1) is 4.92 Å². The minimum absolute atomic E-state index is 0.0529. The van der Waals surface area contributed by atoms with Gasteiger partial charge in [-0.3, -0.25) is 14.9 Å². The number of carbonyl (C=O) groups is 1. The number of hydrogen-bond acceptors (Lipinski definition) is 5. The van der Waals surface area contributed by atoms with Crippen molar-refractivity contribution >= 4 is 28.6 Å². The third-order valence-electron chi connectivity index (χ3n) is 2.76. The van der Waals surface area contributed by atoms with Gasteiger partial charge in [0.2, 0.25) is 0 Å². The van der Waals surface area contributed by atoms with E-state index in [4.69, 9.17) is 0 Å². The van der Waals surface area contributed by atoms with Crippen LogP contribution in [0.3, 0.4) is 0 Å². The van der Waals surface area contributed by atoms with Crippen LogP contribution in [-0.2, 0) is 6.54 Å². The lowest BCUT2D eigenvalue weighted by Gasteiger charge is -2.07. The van der Waals surface area contributed by atoms with Crippen molar-refractivity contribution in [1.29, 1.82) is 0 Å². The lowest BCUT2D eigenvalue weighted by atomic mass is 10.1. The quantitative estimate of drug-likeness (QED) is 0.655. The molecule has 0 aliphatic carbocycles. The number of hydrogen-bond donors (Lipinski definition) is 2. The van der Waals surface area contributed by atoms with Gasteiger partial charge in [-0.15, -0.1) is 0 Å². The van der Waals surface area contributed by atoms with E-state index in [1.54, 1.807) is 13.1 Å². The zero-order chi connectivity index (χ0) is 14.5. The van der Waals surface area contributed by atoms with E-state index in [2.05, 4.69) is 10.6 Å². The van der Waals surface area contributed by atoms with Crippen molar-refractivity contribution in [2.45, 2.75) is 6.54 Å². The smallest absolute Gasteiger partial charge is 0.282 e. The van der Waals surface area contributed by atoms with Crippen LogP contribution in [0, 0.1) is 10.1 Å². The average molecular weight is 291 g/mol. The first kappa shape index (κ1) is 14.0. The summed E-state index contributed by atoms with van der Waals surface area (Å²) in [5.74, 6) is -0.458. The number of nitro groups is 1. The van der Waals surface area contributed by atoms with Gasteiger partial charge in [-0.2, -0.15) is 11.3 Å². The summed E-state index contributed by atoms with van der Waals surface area (Å²) in [4.78, 5) is 22.5. The minimum atomic E-state index is -0.557. The van der Waals surface area contributed by atoms with Gasteiger partial charge in [-0.25, -0.2) is 0 Å². The van der Waals surface area contributed by atoms with E-state index in [9.17, 15) is 14.9 Å². The van der Waals surface area contributed by atoms with E-state index in [1.807, 2.05) is 16.8 Å². The Balaban J connectivity index is 2.20. The highest BCUT2D eigenvalue weighted by Gasteiger charge is 2.20. The van der Waals surface area contributed by atoms with Gasteiger partial charge < -0.3 is 10.6 Å². The van der Waals surface area contributed by atoms with Gasteiger partial charge in [0.25, 0.3) is 11.6 Å². The fraction of sp³-hybridized carbons (Fsp3) is 0.154. The molecule has 104 valence electrons. The first-order chi connectivity index (χ1) is 9.61. The zero-order valence-corrected chi connectivity index (χ0v) is 11.6. The number of nitrogens with zero attached hydrogens (tertiary/aromatic N) is 1. The molecule has 0 radical (unpaired) electrons. The molecule has 0 atom stereocenters. The monoisotopic (exact) mass is 291 g/mol. The van der Waals surface area contributed by atoms with Crippen LogP contribution >= 0.6 is 11.3 Å². The predicted octanol–water partition coefficient (Wildman–Crippen LogP) is 2.63. The maximum Gasteiger partial charge on any atom is 0.282 e. The van der Waals surface area contributed by atoms with Crippen LogP contribution in [0.1, 0.15) is 15.9 Å². The van der Waals surface area contributed by atoms with Crippen molar-refractivity contribution < 1.29 is 9.72 Å². The fourth-order valence-electron chi connectivity index (χ4n) is 1.70. The molecule has 6 nitrogen and oxygen atoms in total. The Hall–Kier alpha value is -2.41. The molecule has 0 fully saturated rings. The van der Waals surface area contributed by atoms with Gasteiger partial charge >= 0.3 is 0 Å². The molecule has 1 amide bonds. The average Bonchev–Trinajstić information content (AvgIpc) is 2.97. The van der Waals surface area contributed by atoms with Crippen LogP contribution in [-0.4, -0.2) is 17.9 Å². The van der Waals surface area contributed by atoms with E-state index in [-0.39, 0.29) is 11.3 Å². The Morgan fingerprint density at radius 3 is 2.80 bits per heavy atom. The SMILES string of the molecule is CNc1ccc([N+](=O)[O-])c(C(=O)NCc2ccsc2)c1. The summed E-state index contributed by atoms with van der Waals surface area (Å²) in [5, 5.41) is 20.3. The van der Waals surface area contributed by atoms with Crippen molar-refractivity contribution in [2.75, 3.05) is 12.4 Å². The second-order valence-electron chi connectivity index (χ2n) is 4.05. The van der Waals surface area contributed by atoms with Crippen molar-refractivity contribution in [3.05, 3.63) is 56.3 Å². The summed E-state index contributed by atoms with van der Waals surface area (Å²) in [6.45, 7) is 0.350. The molecule has 2 aromatic rings. The van der Waals surface area contributed by atoms with Crippen molar-refractivity contribution in [3.63, 3.8) is 0 Å². The molecule has 20 heavy (non-hydrogen) atoms. The number of rotatable bonds is 5. The van der Waals surface area contributed by atoms with Crippen LogP contribution in [0.25, 0.3) is 0 Å². The molecular formula is C13H13N3O3S. The number of nitro benzene ring substituents is 1. The molecule has 0 saturated heterocycles. The van der Waals surface area contributed by atoms with E-state index in [0.29, 0.717) is 12.2 Å². The van der Waals surface area contributed by atoms with Gasteiger partial charge in [-0.1, -0.05) is 0 Å². The molecule has 0 aliphatic rings. The summed E-state index contributed by atoms with van der Waals surface area (Å²) >= 11 is 1.53. The molecule has 1 heterocycles. The van der Waals surface area contributed by atoms with Crippen LogP contribution in [0.5, 0.6) is 0 Å². The van der Waals surface area contributed by atoms with Crippen molar-refractivity contribution in [3.8, 4) is 0 Å². The number of thiophene rings is 1. The summed E-state index contributed by atoms with van der Waals surface area (Å²) in [6, 6.07) is 6.25. The number of amides is 1. The molecule has 0 saturated carbocycles. The Morgan fingerprint density at radius 2 is 2.20 bits per heavy atom. The van der Waals surface area contributed by atoms with Crippen molar-refractivity contribution in [2.24, 2.45) is 0 Å². The van der Waals surface area contributed by atoms with Crippen LogP contribution in [0.4, 0.5) is 11.4 Å². The van der Waals surface area contributed by atoms with Gasteiger partial charge in [0.15, 0.2) is 0 Å². The maximum absolute atomic E-state index is 12.1. The highest BCUT2D eigenvalue weighted by atomic mass is 32.1. The zero-order valence-electron chi connectivity index (χ0n) is 10.8. The molecule has 0 bridgehead atoms. The summed E-state index contributed by atoms with van der Waals surface area (Å²) in [7, 11) is 1.69. The Kier molecular flexibility index (Phi) is 4.31. The van der Waals surface area contributed by atoms with Crippen LogP contribution < -0.4 is 10.6 Å². The molecular weight excluding hydrogens is 278 g/mol. The second-order valence-corrected chi connectivity index (χ2v) is 4.83. The molecule has 1 aromatic heterocycles. The third-order valence-corrected chi connectivity index (χ3v) is 3.49. The first-order valence-corrected chi connectivity index (χ1v) is 6.81. The minimum Gasteiger partial charge on any atom is -0.388 e. The Morgan fingerprint density at radius 1 is 1.40 bits per heavy atom. The van der Waals surface area contributed by atoms with E-state index >= 15 is 0 Å². The number of nitrogens with one attached hydrogen (secondary N) is 2. The van der Waals surface area contributed by atoms with Gasteiger partial charge in [-0.05, 0) is 34.5 Å². The van der Waals surface area contributed by atoms with Crippen molar-refractivity contribution in [1.82, 2.24) is 5.32 Å². The molecule has 0 unspecified atom stereocenters. The van der Waals surface area contributed by atoms with Gasteiger partial charge in [0.1, 0.15) is 5.56 Å². The van der Waals surface area contributed by atoms with E-state index in [1.165, 1.54) is 23.5 Å². The summed E-state index contributed by atoms with van der Waals surface area (Å²) in [5.41, 5.74) is 1.47. The highest BCUT2D eigenvalue weighted by Crippen LogP contribution is 2.22. The van der Waals surface area contributed by atoms with Crippen LogP contribution in [0.2, 0.25) is 0 Å². The summed E-state index contributed by atoms with van der Waals surface area (Å²) < 4.78 is 0. The standard InChI is InChI=1S/C13H13N3O3S/c1-14-10-2-3-12(16(18)19)11(6-10)13(17)15-7-9-4-5-20-8-9/h2-6,8,14H,7H2,1H3,(H,15,17). The molecule has 7 heteroatoms. The van der Waals surface area contributed by atoms with E-state index in [0.717, 1.165) is 5.56 Å². The fourth-order valence-corrected chi connectivity index (χ4v) is 2.37. The Bertz CT molecular complexity index is 626. The second kappa shape index (κ2) is 6.16.